The number of hydrazine groups is 1. The first-order valence-electron chi connectivity index (χ1n) is 19.0. The van der Waals surface area contributed by atoms with Crippen LogP contribution < -0.4 is 5.43 Å². The molecule has 5 heterocycles. The van der Waals surface area contributed by atoms with E-state index in [4.69, 9.17) is 0 Å². The largest absolute Gasteiger partial charge is 0.481 e. The molecule has 0 bridgehead atoms. The highest BCUT2D eigenvalue weighted by Crippen LogP contribution is 2.59. The van der Waals surface area contributed by atoms with E-state index >= 15 is 0 Å². The summed E-state index contributed by atoms with van der Waals surface area (Å²) in [5.74, 6) is -0.830. The molecule has 50 heavy (non-hydrogen) atoms. The van der Waals surface area contributed by atoms with Crippen molar-refractivity contribution in [3.05, 3.63) is 22.9 Å². The highest BCUT2D eigenvalue weighted by atomic mass is 32.2. The number of hydrogen-bond donors (Lipinski definition) is 4. The van der Waals surface area contributed by atoms with Crippen LogP contribution in [0.15, 0.2) is 22.9 Å². The number of rotatable bonds is 5. The molecule has 8 rings (SSSR count). The van der Waals surface area contributed by atoms with Crippen molar-refractivity contribution in [1.29, 1.82) is 0 Å². The Labute approximate surface area is 296 Å². The normalized spacial score (nSPS) is 41.0. The van der Waals surface area contributed by atoms with Gasteiger partial charge in [0.05, 0.1) is 33.9 Å². The van der Waals surface area contributed by atoms with E-state index in [1.165, 1.54) is 22.6 Å². The van der Waals surface area contributed by atoms with E-state index in [-0.39, 0.29) is 58.8 Å². The summed E-state index contributed by atoms with van der Waals surface area (Å²) in [6, 6.07) is 0.809. The van der Waals surface area contributed by atoms with Crippen LogP contribution in [-0.4, -0.2) is 111 Å². The zero-order valence-corrected chi connectivity index (χ0v) is 31.4. The third-order valence-electron chi connectivity index (χ3n) is 14.8. The zero-order valence-electron chi connectivity index (χ0n) is 29.8. The molecule has 0 spiro atoms. The van der Waals surface area contributed by atoms with Gasteiger partial charge in [0, 0.05) is 54.1 Å². The molecule has 0 amide bonds. The minimum Gasteiger partial charge on any atom is -0.481 e. The molecule has 5 aliphatic heterocycles. The highest BCUT2D eigenvalue weighted by molar-refractivity contribution is 7.86. The van der Waals surface area contributed by atoms with Gasteiger partial charge >= 0.3 is 5.97 Å². The molecule has 4 N–H and O–H groups in total. The van der Waals surface area contributed by atoms with E-state index in [0.717, 1.165) is 51.6 Å². The van der Waals surface area contributed by atoms with Crippen LogP contribution >= 0.6 is 0 Å². The number of carboxylic acids is 1. The van der Waals surface area contributed by atoms with E-state index in [2.05, 4.69) is 53.7 Å². The molecular formula is C36H55N4O8S2+. The molecule has 0 radical (unpaired) electrons. The van der Waals surface area contributed by atoms with Gasteiger partial charge in [-0.1, -0.05) is 13.8 Å². The van der Waals surface area contributed by atoms with Crippen LogP contribution in [0.1, 0.15) is 105 Å². The fraction of sp³-hybridized carbons (Fsp3) is 0.833. The van der Waals surface area contributed by atoms with E-state index < -0.39 is 36.7 Å². The van der Waals surface area contributed by atoms with Gasteiger partial charge in [-0.2, -0.15) is 16.8 Å². The van der Waals surface area contributed by atoms with E-state index in [9.17, 15) is 35.8 Å². The fourth-order valence-corrected chi connectivity index (χ4v) is 14.2. The van der Waals surface area contributed by atoms with Crippen LogP contribution in [0.2, 0.25) is 0 Å². The van der Waals surface area contributed by atoms with Crippen LogP contribution in [-0.2, 0) is 25.0 Å². The quantitative estimate of drug-likeness (QED) is 0.239. The van der Waals surface area contributed by atoms with Crippen molar-refractivity contribution in [1.82, 2.24) is 15.3 Å². The van der Waals surface area contributed by atoms with Crippen LogP contribution in [0.5, 0.6) is 0 Å². The molecule has 278 valence electrons. The summed E-state index contributed by atoms with van der Waals surface area (Å²) in [5.41, 5.74) is 8.46. The first-order chi connectivity index (χ1) is 23.4. The maximum absolute atomic E-state index is 12.3. The van der Waals surface area contributed by atoms with Crippen LogP contribution in [0.4, 0.5) is 0 Å². The van der Waals surface area contributed by atoms with Gasteiger partial charge in [-0.3, -0.25) is 19.3 Å². The lowest BCUT2D eigenvalue weighted by molar-refractivity contribution is -0.570. The highest BCUT2D eigenvalue weighted by Gasteiger charge is 2.63. The second-order valence-corrected chi connectivity index (χ2v) is 21.3. The van der Waals surface area contributed by atoms with Gasteiger partial charge in [0.25, 0.3) is 20.2 Å². The number of fused-ring (bicyclic) bond motifs is 8. The molecule has 8 unspecified atom stereocenters. The Morgan fingerprint density at radius 3 is 2.10 bits per heavy atom. The predicted octanol–water partition coefficient (Wildman–Crippen LogP) is 3.86. The average Bonchev–Trinajstić information content (AvgIpc) is 3.43. The number of hydrogen-bond acceptors (Lipinski definition) is 8. The molecule has 8 aliphatic rings. The number of carboxylic acid groups (broad SMARTS) is 1. The van der Waals surface area contributed by atoms with Crippen molar-refractivity contribution in [2.24, 2.45) is 28.6 Å². The number of allylic oxidation sites excluding steroid dienone is 1. The SMILES string of the molecule is CC1(C)C2=C3C=C4C5=[N+](CCC4N(NC4CCC(C(=O)O)CC4)C3CCN2C2CCC(S(=O)(=O)O)CC21)C1CCC(S(=O)(=O)O)CC1C5(C)C. The molecule has 3 aliphatic carbocycles. The first-order valence-corrected chi connectivity index (χ1v) is 22.0. The standard InChI is InChI=1S/C36H54N4O8S2/c1-35(2)26-17-22(49(43,44)45)9-11-30(26)38-15-13-28-24(32(35)38)19-25-29(40(28)37-21-7-5-20(6-8-21)34(41)42)14-16-39-31-12-10-23(50(46,47)48)18-27(31)36(3,4)33(25)39/h19-23,26-31,37H,5-18H2,1-4H3,(H2-,41,42,43,44,45,46,47,48)/p+1. The molecule has 0 aromatic rings. The molecule has 0 aromatic heterocycles. The number of carbonyl (C=O) groups is 1. The van der Waals surface area contributed by atoms with Gasteiger partial charge in [-0.15, -0.1) is 0 Å². The molecule has 1 saturated heterocycles. The van der Waals surface area contributed by atoms with E-state index in [1.54, 1.807) is 0 Å². The van der Waals surface area contributed by atoms with E-state index in [1.807, 2.05) is 0 Å². The maximum Gasteiger partial charge on any atom is 0.306 e. The Balaban J connectivity index is 1.22. The first kappa shape index (κ1) is 35.2. The average molecular weight is 736 g/mol. The molecular weight excluding hydrogens is 681 g/mol. The van der Waals surface area contributed by atoms with E-state index in [0.29, 0.717) is 38.5 Å². The predicted molar refractivity (Wildman–Crippen MR) is 188 cm³/mol. The Hall–Kier alpha value is -1.84. The summed E-state index contributed by atoms with van der Waals surface area (Å²) >= 11 is 0. The molecule has 4 fully saturated rings. The lowest BCUT2D eigenvalue weighted by Crippen LogP contribution is -2.63. The lowest BCUT2D eigenvalue weighted by Gasteiger charge is -2.51. The number of nitrogens with zero attached hydrogens (tertiary/aromatic N) is 3. The smallest absolute Gasteiger partial charge is 0.306 e. The third kappa shape index (κ3) is 5.39. The van der Waals surface area contributed by atoms with Gasteiger partial charge in [-0.25, -0.2) is 9.58 Å². The Morgan fingerprint density at radius 2 is 1.46 bits per heavy atom. The fourth-order valence-electron chi connectivity index (χ4n) is 12.4. The minimum absolute atomic E-state index is 0.0897. The van der Waals surface area contributed by atoms with Crippen molar-refractivity contribution >= 4 is 31.9 Å². The van der Waals surface area contributed by atoms with Crippen molar-refractivity contribution in [2.75, 3.05) is 13.1 Å². The van der Waals surface area contributed by atoms with Crippen molar-refractivity contribution in [3.8, 4) is 0 Å². The summed E-state index contributed by atoms with van der Waals surface area (Å²) in [4.78, 5) is 14.3. The Kier molecular flexibility index (Phi) is 8.33. The van der Waals surface area contributed by atoms with Crippen molar-refractivity contribution < 1.29 is 40.4 Å². The second-order valence-electron chi connectivity index (χ2n) is 17.9. The summed E-state index contributed by atoms with van der Waals surface area (Å²) in [6.07, 6.45) is 10.5. The molecule has 0 aromatic carbocycles. The molecule has 8 atom stereocenters. The molecule has 14 heteroatoms. The maximum atomic E-state index is 12.3. The Morgan fingerprint density at radius 1 is 0.820 bits per heavy atom. The zero-order chi connectivity index (χ0) is 35.7. The van der Waals surface area contributed by atoms with Gasteiger partial charge in [-0.05, 0) is 95.6 Å². The summed E-state index contributed by atoms with van der Waals surface area (Å²) in [5, 5.41) is 10.7. The van der Waals surface area contributed by atoms with Crippen molar-refractivity contribution in [2.45, 2.75) is 145 Å². The van der Waals surface area contributed by atoms with Gasteiger partial charge in [0.15, 0.2) is 11.8 Å². The molecule has 12 nitrogen and oxygen atoms in total. The number of nitrogens with one attached hydrogen (secondary N) is 1. The summed E-state index contributed by atoms with van der Waals surface area (Å²) in [7, 11) is -8.26. The van der Waals surface area contributed by atoms with Gasteiger partial charge < -0.3 is 10.0 Å². The summed E-state index contributed by atoms with van der Waals surface area (Å²) in [6.45, 7) is 10.8. The lowest BCUT2D eigenvalue weighted by atomic mass is 9.66. The summed E-state index contributed by atoms with van der Waals surface area (Å²) < 4.78 is 72.1. The monoisotopic (exact) mass is 735 g/mol. The molecule has 3 saturated carbocycles. The minimum atomic E-state index is -4.13. The van der Waals surface area contributed by atoms with Crippen LogP contribution in [0.3, 0.4) is 0 Å². The van der Waals surface area contributed by atoms with Gasteiger partial charge in [0.2, 0.25) is 0 Å². The third-order valence-corrected chi connectivity index (χ3v) is 17.3. The van der Waals surface area contributed by atoms with Crippen LogP contribution in [0, 0.1) is 28.6 Å². The van der Waals surface area contributed by atoms with Crippen molar-refractivity contribution in [3.63, 3.8) is 0 Å². The Bertz CT molecular complexity index is 1780. The second kappa shape index (κ2) is 11.8. The number of aliphatic carboxylic acids is 1. The van der Waals surface area contributed by atoms with Gasteiger partial charge in [0.1, 0.15) is 6.54 Å². The van der Waals surface area contributed by atoms with Crippen LogP contribution in [0.25, 0.3) is 0 Å². The topological polar surface area (TPSA) is 168 Å².